The Bertz CT molecular complexity index is 455. The quantitative estimate of drug-likeness (QED) is 0.514. The molecule has 2 aromatic rings. The minimum Gasteiger partial charge on any atom is -0.113 e. The van der Waals surface area contributed by atoms with Gasteiger partial charge in [0.25, 0.3) is 0 Å². The van der Waals surface area contributed by atoms with Crippen molar-refractivity contribution >= 4 is 46.7 Å². The summed E-state index contributed by atoms with van der Waals surface area (Å²) in [6.07, 6.45) is 0. The molecule has 0 N–H and O–H groups in total. The molecule has 0 aliphatic carbocycles. The van der Waals surface area contributed by atoms with E-state index in [4.69, 9.17) is 23.2 Å². The highest BCUT2D eigenvalue weighted by molar-refractivity contribution is 8.16. The first kappa shape index (κ1) is 13.2. The first-order valence-corrected chi connectivity index (χ1v) is 7.75. The molecule has 0 spiro atoms. The Morgan fingerprint density at radius 1 is 0.706 bits per heavy atom. The third kappa shape index (κ3) is 3.85. The van der Waals surface area contributed by atoms with Crippen LogP contribution < -0.4 is 0 Å². The van der Waals surface area contributed by atoms with Crippen LogP contribution in [0.25, 0.3) is 0 Å². The Hall–Kier alpha value is -0.280. The molecule has 0 bridgehead atoms. The first-order chi connectivity index (χ1) is 8.27. The van der Waals surface area contributed by atoms with Crippen LogP contribution in [0.1, 0.15) is 0 Å². The summed E-state index contributed by atoms with van der Waals surface area (Å²) < 4.78 is 0. The van der Waals surface area contributed by atoms with Crippen molar-refractivity contribution in [3.05, 3.63) is 58.6 Å². The smallest absolute Gasteiger partial charge is 0.0542 e. The largest absolute Gasteiger partial charge is 0.113 e. The molecular weight excluding hydrogens is 291 g/mol. The Labute approximate surface area is 120 Å². The lowest BCUT2D eigenvalue weighted by Gasteiger charge is -2.05. The van der Waals surface area contributed by atoms with E-state index in [0.29, 0.717) is 0 Å². The summed E-state index contributed by atoms with van der Waals surface area (Å²) in [5.74, 6) is 0. The lowest BCUT2D eigenvalue weighted by atomic mass is 10.4. The molecule has 0 aromatic heterocycles. The zero-order valence-corrected chi connectivity index (χ0v) is 12.0. The van der Waals surface area contributed by atoms with Crippen LogP contribution >= 0.6 is 46.7 Å². The summed E-state index contributed by atoms with van der Waals surface area (Å²) in [5.41, 5.74) is 0. The predicted octanol–water partition coefficient (Wildman–Crippen LogP) is 5.84. The second-order valence-electron chi connectivity index (χ2n) is 3.27. The van der Waals surface area contributed by atoms with Crippen molar-refractivity contribution in [3.8, 4) is 0 Å². The van der Waals surface area contributed by atoms with Crippen LogP contribution in [0.5, 0.6) is 0 Å². The topological polar surface area (TPSA) is 0 Å². The van der Waals surface area contributed by atoms with Gasteiger partial charge in [0.1, 0.15) is 0 Å². The second-order valence-corrected chi connectivity index (χ2v) is 6.48. The number of rotatable bonds is 4. The van der Waals surface area contributed by atoms with Crippen molar-refractivity contribution in [2.24, 2.45) is 0 Å². The molecule has 4 heteroatoms. The van der Waals surface area contributed by atoms with E-state index in [0.717, 1.165) is 24.9 Å². The maximum atomic E-state index is 6.08. The van der Waals surface area contributed by atoms with Crippen LogP contribution in [-0.2, 0) is 0 Å². The van der Waals surface area contributed by atoms with Crippen molar-refractivity contribution < 1.29 is 0 Å². The normalized spacial score (nSPS) is 10.5. The first-order valence-electron chi connectivity index (χ1n) is 5.02. The molecule has 0 aliphatic rings. The van der Waals surface area contributed by atoms with Gasteiger partial charge in [-0.3, -0.25) is 0 Å². The zero-order chi connectivity index (χ0) is 12.1. The van der Waals surface area contributed by atoms with Crippen molar-refractivity contribution in [2.75, 3.05) is 5.08 Å². The Morgan fingerprint density at radius 3 is 1.53 bits per heavy atom. The van der Waals surface area contributed by atoms with E-state index < -0.39 is 0 Å². The molecule has 88 valence electrons. The number of benzene rings is 2. The van der Waals surface area contributed by atoms with Crippen LogP contribution in [0.3, 0.4) is 0 Å². The third-order valence-corrected chi connectivity index (χ3v) is 5.26. The molecule has 0 atom stereocenters. The van der Waals surface area contributed by atoms with Crippen molar-refractivity contribution in [1.29, 1.82) is 0 Å². The summed E-state index contributed by atoms with van der Waals surface area (Å²) >= 11 is 15.6. The minimum atomic E-state index is 0.803. The summed E-state index contributed by atoms with van der Waals surface area (Å²) in [5, 5.41) is 2.50. The number of hydrogen-bond acceptors (Lipinski definition) is 2. The highest BCUT2D eigenvalue weighted by Crippen LogP contribution is 2.34. The lowest BCUT2D eigenvalue weighted by molar-refractivity contribution is 1.45. The van der Waals surface area contributed by atoms with E-state index in [2.05, 4.69) is 0 Å². The van der Waals surface area contributed by atoms with Gasteiger partial charge in [0.15, 0.2) is 0 Å². The Balaban J connectivity index is 1.93. The van der Waals surface area contributed by atoms with Crippen LogP contribution in [0.4, 0.5) is 0 Å². The molecule has 0 nitrogen and oxygen atoms in total. The molecule has 0 fully saturated rings. The molecule has 0 radical (unpaired) electrons. The Morgan fingerprint density at radius 2 is 1.12 bits per heavy atom. The van der Waals surface area contributed by atoms with Crippen molar-refractivity contribution in [1.82, 2.24) is 0 Å². The highest BCUT2D eigenvalue weighted by atomic mass is 35.5. The van der Waals surface area contributed by atoms with E-state index >= 15 is 0 Å². The zero-order valence-electron chi connectivity index (χ0n) is 8.90. The predicted molar refractivity (Wildman–Crippen MR) is 79.5 cm³/mol. The number of hydrogen-bond donors (Lipinski definition) is 0. The van der Waals surface area contributed by atoms with E-state index in [1.807, 2.05) is 48.5 Å². The maximum absolute atomic E-state index is 6.08. The van der Waals surface area contributed by atoms with Crippen LogP contribution in [0.2, 0.25) is 10.0 Å². The summed E-state index contributed by atoms with van der Waals surface area (Å²) in [7, 11) is 0. The van der Waals surface area contributed by atoms with Gasteiger partial charge >= 0.3 is 0 Å². The molecule has 2 aromatic carbocycles. The van der Waals surface area contributed by atoms with Gasteiger partial charge in [0.2, 0.25) is 0 Å². The average molecular weight is 301 g/mol. The average Bonchev–Trinajstić information content (AvgIpc) is 2.34. The maximum Gasteiger partial charge on any atom is 0.0542 e. The summed E-state index contributed by atoms with van der Waals surface area (Å²) in [4.78, 5) is 2.21. The van der Waals surface area contributed by atoms with Crippen LogP contribution in [0.15, 0.2) is 58.3 Å². The fourth-order valence-electron chi connectivity index (χ4n) is 1.28. The fourth-order valence-corrected chi connectivity index (χ4v) is 3.89. The molecule has 0 saturated heterocycles. The Kier molecular flexibility index (Phi) is 5.11. The van der Waals surface area contributed by atoms with Crippen molar-refractivity contribution in [2.45, 2.75) is 9.79 Å². The molecule has 0 unspecified atom stereocenters. The monoisotopic (exact) mass is 300 g/mol. The summed E-state index contributed by atoms with van der Waals surface area (Å²) in [6.45, 7) is 0. The van der Waals surface area contributed by atoms with E-state index in [-0.39, 0.29) is 0 Å². The standard InChI is InChI=1S/C13H10Cl2S2/c14-10-5-1-3-7-12(10)16-9-17-13-8-4-2-6-11(13)15/h1-8H,9H2. The van der Waals surface area contributed by atoms with Gasteiger partial charge in [-0.25, -0.2) is 0 Å². The second kappa shape index (κ2) is 6.60. The molecule has 2 rings (SSSR count). The van der Waals surface area contributed by atoms with Gasteiger partial charge in [-0.05, 0) is 24.3 Å². The molecule has 0 saturated carbocycles. The van der Waals surface area contributed by atoms with E-state index in [1.54, 1.807) is 23.5 Å². The third-order valence-electron chi connectivity index (χ3n) is 2.10. The SMILES string of the molecule is Clc1ccccc1SCSc1ccccc1Cl. The molecule has 17 heavy (non-hydrogen) atoms. The molecule has 0 amide bonds. The minimum absolute atomic E-state index is 0.803. The van der Waals surface area contributed by atoms with Gasteiger partial charge in [-0.2, -0.15) is 0 Å². The lowest BCUT2D eigenvalue weighted by Crippen LogP contribution is -1.77. The van der Waals surface area contributed by atoms with Crippen molar-refractivity contribution in [3.63, 3.8) is 0 Å². The van der Waals surface area contributed by atoms with Crippen LogP contribution in [0, 0.1) is 0 Å². The van der Waals surface area contributed by atoms with Gasteiger partial charge in [-0.15, -0.1) is 23.5 Å². The molecular formula is C13H10Cl2S2. The van der Waals surface area contributed by atoms with Gasteiger partial charge in [-0.1, -0.05) is 47.5 Å². The molecule has 0 heterocycles. The van der Waals surface area contributed by atoms with Gasteiger partial charge < -0.3 is 0 Å². The van der Waals surface area contributed by atoms with Crippen LogP contribution in [-0.4, -0.2) is 5.08 Å². The number of thioether (sulfide) groups is 2. The fraction of sp³-hybridized carbons (Fsp3) is 0.0769. The van der Waals surface area contributed by atoms with E-state index in [1.165, 1.54) is 0 Å². The number of halogens is 2. The summed E-state index contributed by atoms with van der Waals surface area (Å²) in [6, 6.07) is 15.7. The highest BCUT2D eigenvalue weighted by Gasteiger charge is 2.02. The van der Waals surface area contributed by atoms with E-state index in [9.17, 15) is 0 Å². The van der Waals surface area contributed by atoms with Gasteiger partial charge in [0.05, 0.1) is 10.0 Å². The molecule has 0 aliphatic heterocycles. The van der Waals surface area contributed by atoms with Gasteiger partial charge in [0, 0.05) is 14.9 Å².